The summed E-state index contributed by atoms with van der Waals surface area (Å²) >= 11 is 0. The van der Waals surface area contributed by atoms with Crippen molar-refractivity contribution in [3.63, 3.8) is 0 Å². The van der Waals surface area contributed by atoms with Crippen LogP contribution in [0.25, 0.3) is 0 Å². The molecule has 1 fully saturated rings. The summed E-state index contributed by atoms with van der Waals surface area (Å²) in [4.78, 5) is 11.7. The van der Waals surface area contributed by atoms with Crippen LogP contribution in [-0.2, 0) is 4.74 Å². The van der Waals surface area contributed by atoms with E-state index >= 15 is 0 Å². The van der Waals surface area contributed by atoms with Crippen molar-refractivity contribution in [3.05, 3.63) is 0 Å². The first kappa shape index (κ1) is 13.3. The quantitative estimate of drug-likeness (QED) is 0.777. The van der Waals surface area contributed by atoms with Crippen molar-refractivity contribution in [1.82, 2.24) is 10.6 Å². The number of carbonyl (C=O) groups is 1. The molecule has 16 heavy (non-hydrogen) atoms. The smallest absolute Gasteiger partial charge is 0.408 e. The van der Waals surface area contributed by atoms with Crippen molar-refractivity contribution in [1.29, 1.82) is 0 Å². The fourth-order valence-corrected chi connectivity index (χ4v) is 2.01. The monoisotopic (exact) mass is 228 g/mol. The van der Waals surface area contributed by atoms with Crippen LogP contribution >= 0.6 is 0 Å². The highest BCUT2D eigenvalue weighted by Crippen LogP contribution is 2.35. The van der Waals surface area contributed by atoms with Gasteiger partial charge in [-0.3, -0.25) is 0 Å². The van der Waals surface area contributed by atoms with Gasteiger partial charge in [0, 0.05) is 6.04 Å². The van der Waals surface area contributed by atoms with Crippen LogP contribution in [0, 0.1) is 0 Å². The summed E-state index contributed by atoms with van der Waals surface area (Å²) in [5, 5.41) is 6.22. The molecule has 0 aromatic rings. The number of amides is 1. The largest absolute Gasteiger partial charge is 0.444 e. The Morgan fingerprint density at radius 3 is 2.25 bits per heavy atom. The molecule has 1 unspecified atom stereocenters. The zero-order chi connectivity index (χ0) is 12.4. The second kappa shape index (κ2) is 4.62. The number of nitrogens with one attached hydrogen (secondary N) is 2. The lowest BCUT2D eigenvalue weighted by molar-refractivity contribution is 0.0333. The van der Waals surface area contributed by atoms with Gasteiger partial charge in [-0.15, -0.1) is 0 Å². The molecule has 94 valence electrons. The molecular weight excluding hydrogens is 204 g/mol. The molecular formula is C12H24N2O2. The minimum absolute atomic E-state index is 0.114. The van der Waals surface area contributed by atoms with Gasteiger partial charge in [0.25, 0.3) is 0 Å². The number of likely N-dealkylation sites (N-methyl/N-ethyl adjacent to an activating group) is 1. The Hall–Kier alpha value is -0.770. The number of carbonyl (C=O) groups excluding carboxylic acids is 1. The van der Waals surface area contributed by atoms with E-state index in [0.29, 0.717) is 0 Å². The van der Waals surface area contributed by atoms with Crippen LogP contribution in [0.15, 0.2) is 0 Å². The van der Waals surface area contributed by atoms with E-state index in [4.69, 9.17) is 4.74 Å². The molecule has 0 heterocycles. The highest BCUT2D eigenvalue weighted by molar-refractivity contribution is 5.69. The van der Waals surface area contributed by atoms with Crippen LogP contribution in [-0.4, -0.2) is 30.3 Å². The Balaban J connectivity index is 2.54. The molecule has 0 aliphatic heterocycles. The molecule has 1 aliphatic rings. The summed E-state index contributed by atoms with van der Waals surface area (Å²) in [7, 11) is 1.92. The molecule has 2 N–H and O–H groups in total. The lowest BCUT2D eigenvalue weighted by atomic mass is 9.72. The Morgan fingerprint density at radius 2 is 1.94 bits per heavy atom. The van der Waals surface area contributed by atoms with Crippen molar-refractivity contribution in [3.8, 4) is 0 Å². The van der Waals surface area contributed by atoms with Gasteiger partial charge in [0.2, 0.25) is 0 Å². The van der Waals surface area contributed by atoms with Gasteiger partial charge >= 0.3 is 6.09 Å². The highest BCUT2D eigenvalue weighted by atomic mass is 16.6. The van der Waals surface area contributed by atoms with Crippen LogP contribution in [0.5, 0.6) is 0 Å². The minimum Gasteiger partial charge on any atom is -0.444 e. The Bertz CT molecular complexity index is 254. The molecule has 0 bridgehead atoms. The first-order chi connectivity index (χ1) is 7.29. The van der Waals surface area contributed by atoms with E-state index in [1.165, 1.54) is 6.42 Å². The van der Waals surface area contributed by atoms with Gasteiger partial charge in [-0.1, -0.05) is 0 Å². The van der Waals surface area contributed by atoms with E-state index in [1.54, 1.807) is 0 Å². The number of rotatable bonds is 3. The standard InChI is InChI=1S/C12H24N2O2/c1-9(13-5)12(7-6-8-12)14-10(15)16-11(2,3)4/h9,13H,6-8H2,1-5H3,(H,14,15). The van der Waals surface area contributed by atoms with Crippen molar-refractivity contribution in [2.24, 2.45) is 0 Å². The predicted molar refractivity (Wildman–Crippen MR) is 64.5 cm³/mol. The Kier molecular flexibility index (Phi) is 3.84. The van der Waals surface area contributed by atoms with Crippen LogP contribution in [0.4, 0.5) is 4.79 Å². The molecule has 4 heteroatoms. The van der Waals surface area contributed by atoms with Gasteiger partial charge in [0.1, 0.15) is 5.60 Å². The fourth-order valence-electron chi connectivity index (χ4n) is 2.01. The topological polar surface area (TPSA) is 50.4 Å². The van der Waals surface area contributed by atoms with Gasteiger partial charge < -0.3 is 15.4 Å². The lowest BCUT2D eigenvalue weighted by Gasteiger charge is -2.46. The molecule has 1 aliphatic carbocycles. The van der Waals surface area contributed by atoms with E-state index in [9.17, 15) is 4.79 Å². The number of hydrogen-bond acceptors (Lipinski definition) is 3. The Morgan fingerprint density at radius 1 is 1.38 bits per heavy atom. The van der Waals surface area contributed by atoms with Gasteiger partial charge in [-0.25, -0.2) is 4.79 Å². The molecule has 1 saturated carbocycles. The maximum atomic E-state index is 11.7. The van der Waals surface area contributed by atoms with E-state index < -0.39 is 5.60 Å². The first-order valence-corrected chi connectivity index (χ1v) is 5.97. The zero-order valence-corrected chi connectivity index (χ0v) is 11.0. The number of ether oxygens (including phenoxy) is 1. The molecule has 1 atom stereocenters. The summed E-state index contributed by atoms with van der Waals surface area (Å²) in [6.07, 6.45) is 2.90. The van der Waals surface area contributed by atoms with E-state index in [1.807, 2.05) is 27.8 Å². The number of alkyl carbamates (subject to hydrolysis) is 1. The SMILES string of the molecule is CNC(C)C1(NC(=O)OC(C)(C)C)CCC1. The molecule has 4 nitrogen and oxygen atoms in total. The number of hydrogen-bond donors (Lipinski definition) is 2. The maximum absolute atomic E-state index is 11.7. The summed E-state index contributed by atoms with van der Waals surface area (Å²) < 4.78 is 5.29. The second-order valence-corrected chi connectivity index (χ2v) is 5.65. The van der Waals surface area contributed by atoms with Crippen LogP contribution < -0.4 is 10.6 Å². The Labute approximate surface area is 98.1 Å². The van der Waals surface area contributed by atoms with Crippen molar-refractivity contribution >= 4 is 6.09 Å². The summed E-state index contributed by atoms with van der Waals surface area (Å²) in [6.45, 7) is 7.72. The zero-order valence-electron chi connectivity index (χ0n) is 11.0. The molecule has 0 aromatic heterocycles. The maximum Gasteiger partial charge on any atom is 0.408 e. The van der Waals surface area contributed by atoms with Crippen LogP contribution in [0.3, 0.4) is 0 Å². The lowest BCUT2D eigenvalue weighted by Crippen LogP contribution is -2.64. The molecule has 0 radical (unpaired) electrons. The summed E-state index contributed by atoms with van der Waals surface area (Å²) in [5.41, 5.74) is -0.547. The average Bonchev–Trinajstić information content (AvgIpc) is 2.07. The van der Waals surface area contributed by atoms with E-state index in [-0.39, 0.29) is 17.7 Å². The first-order valence-electron chi connectivity index (χ1n) is 5.97. The van der Waals surface area contributed by atoms with Crippen molar-refractivity contribution in [2.75, 3.05) is 7.05 Å². The van der Waals surface area contributed by atoms with Crippen LogP contribution in [0.1, 0.15) is 47.0 Å². The average molecular weight is 228 g/mol. The second-order valence-electron chi connectivity index (χ2n) is 5.65. The van der Waals surface area contributed by atoms with Crippen LogP contribution in [0.2, 0.25) is 0 Å². The predicted octanol–water partition coefficient (Wildman–Crippen LogP) is 2.04. The van der Waals surface area contributed by atoms with E-state index in [0.717, 1.165) is 12.8 Å². The molecule has 1 rings (SSSR count). The molecule has 0 spiro atoms. The molecule has 0 saturated heterocycles. The van der Waals surface area contributed by atoms with Gasteiger partial charge in [0.15, 0.2) is 0 Å². The fraction of sp³-hybridized carbons (Fsp3) is 0.917. The van der Waals surface area contributed by atoms with Crippen molar-refractivity contribution in [2.45, 2.75) is 64.1 Å². The third-order valence-electron chi connectivity index (χ3n) is 3.26. The normalized spacial score (nSPS) is 20.8. The third-order valence-corrected chi connectivity index (χ3v) is 3.26. The molecule has 0 aromatic carbocycles. The van der Waals surface area contributed by atoms with Gasteiger partial charge in [0.05, 0.1) is 5.54 Å². The third kappa shape index (κ3) is 3.11. The summed E-state index contributed by atoms with van der Waals surface area (Å²) in [5.74, 6) is 0. The highest BCUT2D eigenvalue weighted by Gasteiger charge is 2.43. The van der Waals surface area contributed by atoms with E-state index in [2.05, 4.69) is 17.6 Å². The summed E-state index contributed by atoms with van der Waals surface area (Å²) in [6, 6.07) is 0.272. The van der Waals surface area contributed by atoms with Gasteiger partial charge in [-0.05, 0) is 54.0 Å². The van der Waals surface area contributed by atoms with Crippen molar-refractivity contribution < 1.29 is 9.53 Å². The molecule has 1 amide bonds. The van der Waals surface area contributed by atoms with Gasteiger partial charge in [-0.2, -0.15) is 0 Å². The minimum atomic E-state index is -0.433.